The van der Waals surface area contributed by atoms with Crippen LogP contribution >= 0.6 is 0 Å². The molecule has 7 atom stereocenters. The molecule has 3 nitrogen and oxygen atoms in total. The number of fused-ring (bicyclic) bond motifs is 5. The first-order valence-electron chi connectivity index (χ1n) is 10.3. The van der Waals surface area contributed by atoms with Crippen molar-refractivity contribution >= 4 is 11.6 Å². The molecule has 2 saturated carbocycles. The van der Waals surface area contributed by atoms with Crippen molar-refractivity contribution in [1.82, 2.24) is 0 Å². The van der Waals surface area contributed by atoms with E-state index in [0.717, 1.165) is 25.7 Å². The lowest BCUT2D eigenvalue weighted by atomic mass is 9.48. The molecular formula is C23H32O3. The van der Waals surface area contributed by atoms with E-state index in [2.05, 4.69) is 33.8 Å². The molecule has 4 rings (SSSR count). The third-order valence-corrected chi connectivity index (χ3v) is 8.52. The summed E-state index contributed by atoms with van der Waals surface area (Å²) in [4.78, 5) is 24.5. The third-order valence-electron chi connectivity index (χ3n) is 8.52. The lowest BCUT2D eigenvalue weighted by Gasteiger charge is -2.55. The zero-order valence-corrected chi connectivity index (χ0v) is 16.5. The summed E-state index contributed by atoms with van der Waals surface area (Å²) in [7, 11) is 0. The Balaban J connectivity index is 1.78. The van der Waals surface area contributed by atoms with Crippen LogP contribution in [0.3, 0.4) is 0 Å². The van der Waals surface area contributed by atoms with Gasteiger partial charge in [-0.25, -0.2) is 0 Å². The topological polar surface area (TPSA) is 54.4 Å². The Morgan fingerprint density at radius 2 is 2.00 bits per heavy atom. The van der Waals surface area contributed by atoms with Crippen LogP contribution in [0.15, 0.2) is 23.3 Å². The fourth-order valence-electron chi connectivity index (χ4n) is 7.33. The number of allylic oxidation sites excluding steroid dienone is 4. The van der Waals surface area contributed by atoms with Crippen LogP contribution < -0.4 is 0 Å². The van der Waals surface area contributed by atoms with E-state index < -0.39 is 0 Å². The number of aliphatic hydroxyl groups is 1. The highest BCUT2D eigenvalue weighted by Gasteiger charge is 2.60. The Morgan fingerprint density at radius 3 is 2.69 bits per heavy atom. The normalized spacial score (nSPS) is 47.4. The van der Waals surface area contributed by atoms with Crippen LogP contribution in [-0.2, 0) is 9.59 Å². The first-order chi connectivity index (χ1) is 12.2. The molecule has 1 N–H and O–H groups in total. The Kier molecular flexibility index (Phi) is 4.11. The van der Waals surface area contributed by atoms with Gasteiger partial charge in [-0.2, -0.15) is 0 Å². The summed E-state index contributed by atoms with van der Waals surface area (Å²) < 4.78 is 0. The lowest BCUT2D eigenvalue weighted by Crippen LogP contribution is -2.48. The molecule has 0 radical (unpaired) electrons. The Hall–Kier alpha value is -1.22. The number of hydrogen-bond donors (Lipinski definition) is 1. The molecule has 0 heterocycles. The predicted molar refractivity (Wildman–Crippen MR) is 101 cm³/mol. The number of hydrogen-bond acceptors (Lipinski definition) is 3. The van der Waals surface area contributed by atoms with Crippen molar-refractivity contribution in [2.24, 2.45) is 40.4 Å². The third kappa shape index (κ3) is 2.28. The Labute approximate surface area is 156 Å². The van der Waals surface area contributed by atoms with Crippen molar-refractivity contribution < 1.29 is 14.7 Å². The maximum Gasteiger partial charge on any atom is 0.162 e. The van der Waals surface area contributed by atoms with Gasteiger partial charge in [-0.3, -0.25) is 9.59 Å². The number of carbonyl (C=O) groups is 2. The van der Waals surface area contributed by atoms with Gasteiger partial charge in [-0.05, 0) is 60.8 Å². The van der Waals surface area contributed by atoms with Crippen molar-refractivity contribution in [2.45, 2.75) is 59.8 Å². The average Bonchev–Trinajstić information content (AvgIpc) is 2.86. The molecule has 4 aliphatic carbocycles. The summed E-state index contributed by atoms with van der Waals surface area (Å²) in [5, 5.41) is 9.52. The molecule has 2 fully saturated rings. The van der Waals surface area contributed by atoms with Gasteiger partial charge in [0.05, 0.1) is 0 Å². The molecule has 0 aromatic rings. The summed E-state index contributed by atoms with van der Waals surface area (Å²) in [6.07, 6.45) is 8.95. The first-order valence-corrected chi connectivity index (χ1v) is 10.3. The zero-order valence-electron chi connectivity index (χ0n) is 16.5. The highest BCUT2D eigenvalue weighted by atomic mass is 16.3. The van der Waals surface area contributed by atoms with E-state index in [0.29, 0.717) is 30.1 Å². The SMILES string of the molecule is CC1CC2=CC(=O)CC[C@]2(C)C2=CC[C@@]3(C)C(C[C@H](C)[C@@H]3C(=O)CO)C21. The fraction of sp³-hybridized carbons (Fsp3) is 0.739. The molecular weight excluding hydrogens is 324 g/mol. The van der Waals surface area contributed by atoms with E-state index >= 15 is 0 Å². The van der Waals surface area contributed by atoms with E-state index in [-0.39, 0.29) is 34.9 Å². The molecule has 0 spiro atoms. The molecule has 3 unspecified atom stereocenters. The molecule has 26 heavy (non-hydrogen) atoms. The molecule has 0 aromatic heterocycles. The minimum absolute atomic E-state index is 0.0258. The first kappa shape index (κ1) is 18.2. The second kappa shape index (κ2) is 5.89. The second-order valence-electron chi connectivity index (χ2n) is 9.97. The predicted octanol–water partition coefficient (Wildman–Crippen LogP) is 4.11. The monoisotopic (exact) mass is 356 g/mol. The van der Waals surface area contributed by atoms with Gasteiger partial charge in [0.25, 0.3) is 0 Å². The molecule has 3 heteroatoms. The number of ketones is 2. The van der Waals surface area contributed by atoms with E-state index in [1.54, 1.807) is 5.57 Å². The van der Waals surface area contributed by atoms with Crippen LogP contribution in [0.4, 0.5) is 0 Å². The van der Waals surface area contributed by atoms with Crippen LogP contribution in [0.5, 0.6) is 0 Å². The lowest BCUT2D eigenvalue weighted by molar-refractivity contribution is -0.131. The van der Waals surface area contributed by atoms with Crippen molar-refractivity contribution in [3.63, 3.8) is 0 Å². The largest absolute Gasteiger partial charge is 0.389 e. The van der Waals surface area contributed by atoms with Gasteiger partial charge in [0.2, 0.25) is 0 Å². The zero-order chi connectivity index (χ0) is 18.9. The van der Waals surface area contributed by atoms with Gasteiger partial charge < -0.3 is 5.11 Å². The molecule has 0 amide bonds. The molecule has 0 bridgehead atoms. The van der Waals surface area contributed by atoms with Gasteiger partial charge in [0.1, 0.15) is 6.61 Å². The van der Waals surface area contributed by atoms with Gasteiger partial charge in [0.15, 0.2) is 11.6 Å². The van der Waals surface area contributed by atoms with E-state index in [1.807, 2.05) is 6.08 Å². The summed E-state index contributed by atoms with van der Waals surface area (Å²) in [6.45, 7) is 8.82. The van der Waals surface area contributed by atoms with Crippen molar-refractivity contribution in [3.05, 3.63) is 23.3 Å². The smallest absolute Gasteiger partial charge is 0.162 e. The van der Waals surface area contributed by atoms with Gasteiger partial charge >= 0.3 is 0 Å². The summed E-state index contributed by atoms with van der Waals surface area (Å²) in [5.74, 6) is 2.13. The van der Waals surface area contributed by atoms with Crippen LogP contribution in [0.2, 0.25) is 0 Å². The molecule has 142 valence electrons. The Morgan fingerprint density at radius 1 is 1.27 bits per heavy atom. The highest BCUT2D eigenvalue weighted by Crippen LogP contribution is 2.66. The maximum absolute atomic E-state index is 12.5. The van der Waals surface area contributed by atoms with Gasteiger partial charge in [-0.1, -0.05) is 44.9 Å². The van der Waals surface area contributed by atoms with Crippen LogP contribution in [0.25, 0.3) is 0 Å². The molecule has 0 saturated heterocycles. The molecule has 4 aliphatic rings. The fourth-order valence-corrected chi connectivity index (χ4v) is 7.33. The summed E-state index contributed by atoms with van der Waals surface area (Å²) in [5.41, 5.74) is 2.88. The number of Topliss-reactive ketones (excluding diaryl/α,β-unsaturated/α-hetero) is 1. The van der Waals surface area contributed by atoms with Gasteiger partial charge in [-0.15, -0.1) is 0 Å². The van der Waals surface area contributed by atoms with E-state index in [9.17, 15) is 14.7 Å². The Bertz CT molecular complexity index is 717. The number of rotatable bonds is 2. The van der Waals surface area contributed by atoms with E-state index in [1.165, 1.54) is 5.57 Å². The maximum atomic E-state index is 12.5. The second-order valence-corrected chi connectivity index (χ2v) is 9.97. The number of carbonyl (C=O) groups excluding carboxylic acids is 2. The quantitative estimate of drug-likeness (QED) is 0.758. The summed E-state index contributed by atoms with van der Waals surface area (Å²) >= 11 is 0. The minimum atomic E-state index is -0.333. The van der Waals surface area contributed by atoms with Crippen LogP contribution in [0, 0.1) is 40.4 Å². The highest BCUT2D eigenvalue weighted by molar-refractivity contribution is 5.92. The van der Waals surface area contributed by atoms with Crippen molar-refractivity contribution in [2.75, 3.05) is 6.61 Å². The standard InChI is InChI=1S/C23H32O3/c1-13-9-15-11-16(25)5-7-22(15,3)17-6-8-23(4)18(20(13)17)10-14(2)21(23)19(26)12-24/h6,11,13-14,18,20-21,24H,5,7-10,12H2,1-4H3/t13?,14-,18?,20?,21+,22-,23-/m0/s1. The van der Waals surface area contributed by atoms with Crippen molar-refractivity contribution in [1.29, 1.82) is 0 Å². The van der Waals surface area contributed by atoms with E-state index in [4.69, 9.17) is 0 Å². The molecule has 0 aromatic carbocycles. The summed E-state index contributed by atoms with van der Waals surface area (Å²) in [6, 6.07) is 0. The molecule has 0 aliphatic heterocycles. The average molecular weight is 357 g/mol. The van der Waals surface area contributed by atoms with Crippen molar-refractivity contribution in [3.8, 4) is 0 Å². The van der Waals surface area contributed by atoms with Crippen LogP contribution in [0.1, 0.15) is 59.8 Å². The van der Waals surface area contributed by atoms with Gasteiger partial charge in [0, 0.05) is 17.8 Å². The number of aliphatic hydroxyl groups excluding tert-OH is 1. The van der Waals surface area contributed by atoms with Crippen LogP contribution in [-0.4, -0.2) is 23.3 Å². The minimum Gasteiger partial charge on any atom is -0.389 e.